The van der Waals surface area contributed by atoms with E-state index in [9.17, 15) is 22.8 Å². The van der Waals surface area contributed by atoms with E-state index in [4.69, 9.17) is 39.5 Å². The van der Waals surface area contributed by atoms with Gasteiger partial charge in [0, 0.05) is 27.7 Å². The predicted octanol–water partition coefficient (Wildman–Crippen LogP) is 6.06. The highest BCUT2D eigenvalue weighted by Gasteiger charge is 2.50. The van der Waals surface area contributed by atoms with Crippen molar-refractivity contribution in [1.29, 1.82) is 0 Å². The predicted molar refractivity (Wildman–Crippen MR) is 109 cm³/mol. The van der Waals surface area contributed by atoms with Gasteiger partial charge in [0.25, 0.3) is 0 Å². The summed E-state index contributed by atoms with van der Waals surface area (Å²) in [4.78, 5) is 26.3. The molecule has 2 unspecified atom stereocenters. The van der Waals surface area contributed by atoms with Crippen molar-refractivity contribution in [3.05, 3.63) is 68.7 Å². The van der Waals surface area contributed by atoms with Crippen molar-refractivity contribution >= 4 is 46.7 Å². The molecule has 10 heteroatoms. The van der Waals surface area contributed by atoms with Crippen LogP contribution in [-0.2, 0) is 14.3 Å². The van der Waals surface area contributed by atoms with Gasteiger partial charge in [0.05, 0.1) is 6.61 Å². The van der Waals surface area contributed by atoms with Crippen LogP contribution in [0.25, 0.3) is 0 Å². The summed E-state index contributed by atoms with van der Waals surface area (Å²) in [6.45, 7) is 1.52. The minimum absolute atomic E-state index is 0.0238. The van der Waals surface area contributed by atoms with Gasteiger partial charge < -0.3 is 9.64 Å². The van der Waals surface area contributed by atoms with Gasteiger partial charge in [-0.2, -0.15) is 13.2 Å². The molecule has 1 amide bonds. The minimum Gasteiger partial charge on any atom is -0.464 e. The largest absolute Gasteiger partial charge is 0.464 e. The van der Waals surface area contributed by atoms with Crippen LogP contribution in [0, 0.1) is 0 Å². The molecule has 0 N–H and O–H groups in total. The quantitative estimate of drug-likeness (QED) is 0.471. The van der Waals surface area contributed by atoms with Crippen LogP contribution in [0.2, 0.25) is 15.1 Å². The number of ether oxygens (including phenoxy) is 1. The molecule has 30 heavy (non-hydrogen) atoms. The van der Waals surface area contributed by atoms with Crippen molar-refractivity contribution in [2.24, 2.45) is 0 Å². The number of esters is 1. The fourth-order valence-corrected chi connectivity index (χ4v) is 3.67. The molecular formula is C20H17Cl3F3NO3. The number of hydrogen-bond acceptors (Lipinski definition) is 3. The summed E-state index contributed by atoms with van der Waals surface area (Å²) >= 11 is 17.7. The second-order valence-corrected chi connectivity index (χ2v) is 7.52. The Morgan fingerprint density at radius 1 is 1.03 bits per heavy atom. The van der Waals surface area contributed by atoms with E-state index in [1.165, 1.54) is 42.5 Å². The molecule has 162 valence electrons. The summed E-state index contributed by atoms with van der Waals surface area (Å²) in [5.74, 6) is -4.97. The monoisotopic (exact) mass is 481 g/mol. The maximum atomic E-state index is 13.9. The molecule has 0 aliphatic rings. The number of halogens is 6. The molecule has 0 radical (unpaired) electrons. The zero-order chi connectivity index (χ0) is 22.6. The zero-order valence-corrected chi connectivity index (χ0v) is 18.1. The van der Waals surface area contributed by atoms with E-state index in [-0.39, 0.29) is 22.2 Å². The summed E-state index contributed by atoms with van der Waals surface area (Å²) in [7, 11) is 1.09. The van der Waals surface area contributed by atoms with E-state index in [2.05, 4.69) is 0 Å². The van der Waals surface area contributed by atoms with Crippen molar-refractivity contribution in [2.75, 3.05) is 13.7 Å². The number of benzene rings is 2. The first-order valence-corrected chi connectivity index (χ1v) is 9.81. The molecule has 0 saturated carbocycles. The lowest BCUT2D eigenvalue weighted by Gasteiger charge is -2.31. The molecule has 0 saturated heterocycles. The Hall–Kier alpha value is -1.96. The number of likely N-dealkylation sites (N-methyl/N-ethyl adjacent to an activating group) is 1. The number of carbonyl (C=O) groups excluding carboxylic acids is 2. The lowest BCUT2D eigenvalue weighted by molar-refractivity contribution is -0.176. The third-order valence-electron chi connectivity index (χ3n) is 4.29. The Kier molecular flexibility index (Phi) is 8.02. The van der Waals surface area contributed by atoms with E-state index in [0.717, 1.165) is 7.05 Å². The normalized spacial score (nSPS) is 13.5. The smallest absolute Gasteiger partial charge is 0.404 e. The Labute approximate surface area is 186 Å². The third kappa shape index (κ3) is 5.39. The maximum absolute atomic E-state index is 13.9. The number of amides is 1. The third-order valence-corrected chi connectivity index (χ3v) is 5.20. The average molecular weight is 483 g/mol. The van der Waals surface area contributed by atoms with E-state index in [1.807, 2.05) is 0 Å². The van der Waals surface area contributed by atoms with E-state index >= 15 is 0 Å². The van der Waals surface area contributed by atoms with Crippen molar-refractivity contribution in [3.63, 3.8) is 0 Å². The fraction of sp³-hybridized carbons (Fsp3) is 0.300. The van der Waals surface area contributed by atoms with Crippen LogP contribution in [-0.4, -0.2) is 36.6 Å². The van der Waals surface area contributed by atoms with Crippen LogP contribution >= 0.6 is 34.8 Å². The summed E-state index contributed by atoms with van der Waals surface area (Å²) < 4.78 is 46.8. The topological polar surface area (TPSA) is 46.6 Å². The SMILES string of the molecule is CCOC(=O)C(c1ccc(Cl)cc1)N(C)C(=O)C(c1c(Cl)cccc1Cl)C(F)(F)F. The van der Waals surface area contributed by atoms with Gasteiger partial charge in [-0.15, -0.1) is 0 Å². The molecule has 2 atom stereocenters. The van der Waals surface area contributed by atoms with Crippen molar-refractivity contribution in [1.82, 2.24) is 4.90 Å². The molecule has 2 rings (SSSR count). The fourth-order valence-electron chi connectivity index (χ4n) is 2.93. The standard InChI is InChI=1S/C20H17Cl3F3NO3/c1-3-30-19(29)17(11-7-9-12(21)10-8-11)27(2)18(28)16(20(24,25)26)15-13(22)5-4-6-14(15)23/h4-10,16-17H,3H2,1-2H3. The van der Waals surface area contributed by atoms with Gasteiger partial charge in [0.1, 0.15) is 0 Å². The van der Waals surface area contributed by atoms with Gasteiger partial charge >= 0.3 is 12.1 Å². The molecule has 0 aliphatic heterocycles. The molecule has 2 aromatic rings. The van der Waals surface area contributed by atoms with Gasteiger partial charge in [-0.3, -0.25) is 4.79 Å². The summed E-state index contributed by atoms with van der Waals surface area (Å²) in [5.41, 5.74) is -0.344. The molecule has 2 aromatic carbocycles. The molecule has 0 fully saturated rings. The molecule has 0 spiro atoms. The van der Waals surface area contributed by atoms with Crippen LogP contribution in [0.15, 0.2) is 42.5 Å². The first-order chi connectivity index (χ1) is 14.0. The van der Waals surface area contributed by atoms with Crippen LogP contribution in [0.4, 0.5) is 13.2 Å². The van der Waals surface area contributed by atoms with Gasteiger partial charge in [0.2, 0.25) is 5.91 Å². The van der Waals surface area contributed by atoms with Gasteiger partial charge in [-0.1, -0.05) is 53.0 Å². The number of alkyl halides is 3. The molecule has 0 aliphatic carbocycles. The van der Waals surface area contributed by atoms with Crippen LogP contribution < -0.4 is 0 Å². The highest BCUT2D eigenvalue weighted by Crippen LogP contribution is 2.43. The van der Waals surface area contributed by atoms with Gasteiger partial charge in [0.15, 0.2) is 12.0 Å². The Morgan fingerprint density at radius 2 is 1.57 bits per heavy atom. The zero-order valence-electron chi connectivity index (χ0n) is 15.8. The number of nitrogens with zero attached hydrogens (tertiary/aromatic N) is 1. The first-order valence-electron chi connectivity index (χ1n) is 8.68. The Morgan fingerprint density at radius 3 is 2.03 bits per heavy atom. The van der Waals surface area contributed by atoms with Crippen LogP contribution in [0.3, 0.4) is 0 Å². The maximum Gasteiger partial charge on any atom is 0.404 e. The van der Waals surface area contributed by atoms with Gasteiger partial charge in [-0.25, -0.2) is 4.79 Å². The second kappa shape index (κ2) is 9.90. The summed E-state index contributed by atoms with van der Waals surface area (Å²) in [6.07, 6.45) is -5.01. The number of carbonyl (C=O) groups is 2. The Bertz CT molecular complexity index is 899. The van der Waals surface area contributed by atoms with Crippen molar-refractivity contribution < 1.29 is 27.5 Å². The van der Waals surface area contributed by atoms with E-state index < -0.39 is 35.6 Å². The van der Waals surface area contributed by atoms with Gasteiger partial charge in [-0.05, 0) is 36.8 Å². The second-order valence-electron chi connectivity index (χ2n) is 6.27. The number of rotatable bonds is 6. The minimum atomic E-state index is -5.01. The molecular weight excluding hydrogens is 466 g/mol. The lowest BCUT2D eigenvalue weighted by Crippen LogP contribution is -2.43. The Balaban J connectivity index is 2.56. The first kappa shape index (κ1) is 24.3. The van der Waals surface area contributed by atoms with Crippen molar-refractivity contribution in [3.8, 4) is 0 Å². The van der Waals surface area contributed by atoms with Crippen LogP contribution in [0.1, 0.15) is 30.0 Å². The van der Waals surface area contributed by atoms with Crippen LogP contribution in [0.5, 0.6) is 0 Å². The average Bonchev–Trinajstić information content (AvgIpc) is 2.65. The van der Waals surface area contributed by atoms with E-state index in [0.29, 0.717) is 9.92 Å². The summed E-state index contributed by atoms with van der Waals surface area (Å²) in [5, 5.41) is -0.275. The number of hydrogen-bond donors (Lipinski definition) is 0. The van der Waals surface area contributed by atoms with E-state index in [1.54, 1.807) is 6.92 Å². The summed E-state index contributed by atoms with van der Waals surface area (Å²) in [6, 6.07) is 8.11. The molecule has 4 nitrogen and oxygen atoms in total. The molecule has 0 bridgehead atoms. The molecule has 0 aromatic heterocycles. The molecule has 0 heterocycles. The lowest BCUT2D eigenvalue weighted by atomic mass is 9.95. The van der Waals surface area contributed by atoms with Crippen molar-refractivity contribution in [2.45, 2.75) is 25.1 Å². The highest BCUT2D eigenvalue weighted by atomic mass is 35.5. The highest BCUT2D eigenvalue weighted by molar-refractivity contribution is 6.36.